The van der Waals surface area contributed by atoms with Crippen LogP contribution in [0.4, 0.5) is 0 Å². The van der Waals surface area contributed by atoms with E-state index in [0.29, 0.717) is 0 Å². The first kappa shape index (κ1) is 51.9. The van der Waals surface area contributed by atoms with E-state index < -0.39 is 0 Å². The molecule has 0 aromatic heterocycles. The molecule has 0 radical (unpaired) electrons. The van der Waals surface area contributed by atoms with Gasteiger partial charge in [-0.3, -0.25) is 0 Å². The second kappa shape index (κ2) is 28.5. The molecule has 19 aliphatic carbocycles. The minimum absolute atomic E-state index is 1.13. The molecule has 386 valence electrons. The van der Waals surface area contributed by atoms with E-state index in [-0.39, 0.29) is 0 Å². The number of rotatable bonds is 0. The van der Waals surface area contributed by atoms with E-state index in [2.05, 4.69) is 0 Å². The van der Waals surface area contributed by atoms with Crippen molar-refractivity contribution in [1.82, 2.24) is 0 Å². The molecule has 19 fully saturated rings. The highest BCUT2D eigenvalue weighted by molar-refractivity contribution is 4.87. The highest BCUT2D eigenvalue weighted by Crippen LogP contribution is 2.48. The van der Waals surface area contributed by atoms with Crippen LogP contribution in [0, 0.1) is 94.7 Å². The topological polar surface area (TPSA) is 0 Å². The average Bonchev–Trinajstić information content (AvgIpc) is 4.15. The van der Waals surface area contributed by atoms with E-state index in [1.165, 1.54) is 81.5 Å². The number of hydrogen-bond acceptors (Lipinski definition) is 0. The van der Waals surface area contributed by atoms with Crippen LogP contribution < -0.4 is 0 Å². The largest absolute Gasteiger partial charge is 0.0530 e. The summed E-state index contributed by atoms with van der Waals surface area (Å²) in [6.45, 7) is 0. The number of hydrogen-bond donors (Lipinski definition) is 0. The van der Waals surface area contributed by atoms with Crippen molar-refractivity contribution in [3.05, 3.63) is 0 Å². The van der Waals surface area contributed by atoms with Crippen LogP contribution in [0.1, 0.15) is 327 Å². The Labute approximate surface area is 420 Å². The van der Waals surface area contributed by atoms with Gasteiger partial charge in [-0.05, 0) is 133 Å². The molecule has 0 heterocycles. The van der Waals surface area contributed by atoms with E-state index in [1.807, 2.05) is 0 Å². The predicted octanol–water partition coefficient (Wildman–Crippen LogP) is 21.9. The third-order valence-corrected chi connectivity index (χ3v) is 23.9. The molecule has 67 heavy (non-hydrogen) atoms. The smallest absolute Gasteiger partial charge is 0.0409 e. The van der Waals surface area contributed by atoms with E-state index in [4.69, 9.17) is 0 Å². The second-order valence-electron chi connectivity index (χ2n) is 28.8. The lowest BCUT2D eigenvalue weighted by Crippen LogP contribution is -2.21. The lowest BCUT2D eigenvalue weighted by Gasteiger charge is -2.35. The highest BCUT2D eigenvalue weighted by atomic mass is 14.4. The molecule has 0 aromatic rings. The predicted molar refractivity (Wildman–Crippen MR) is 291 cm³/mol. The van der Waals surface area contributed by atoms with Gasteiger partial charge in [0.2, 0.25) is 0 Å². The van der Waals surface area contributed by atoms with Crippen molar-refractivity contribution < 1.29 is 0 Å². The van der Waals surface area contributed by atoms with Crippen molar-refractivity contribution in [3.8, 4) is 0 Å². The first-order valence-electron chi connectivity index (χ1n) is 33.1. The Kier molecular flexibility index (Phi) is 22.0. The molecule has 0 nitrogen and oxygen atoms in total. The summed E-state index contributed by atoms with van der Waals surface area (Å²) in [5.41, 5.74) is 0. The van der Waals surface area contributed by atoms with Crippen LogP contribution in [0.15, 0.2) is 0 Å². The maximum Gasteiger partial charge on any atom is -0.0409 e. The summed E-state index contributed by atoms with van der Waals surface area (Å²) in [4.78, 5) is 0. The van der Waals surface area contributed by atoms with Crippen molar-refractivity contribution in [2.24, 2.45) is 94.7 Å². The molecule has 19 aliphatic rings. The molecule has 4 unspecified atom stereocenters. The first-order chi connectivity index (χ1) is 33.1. The Morgan fingerprint density at radius 1 is 0.0896 bits per heavy atom. The second-order valence-corrected chi connectivity index (χ2v) is 28.8. The first-order valence-corrected chi connectivity index (χ1v) is 33.1. The van der Waals surface area contributed by atoms with Gasteiger partial charge < -0.3 is 0 Å². The molecule has 0 spiro atoms. The zero-order chi connectivity index (χ0) is 45.3. The fourth-order valence-corrected chi connectivity index (χ4v) is 19.3. The van der Waals surface area contributed by atoms with E-state index in [1.54, 1.807) is 270 Å². The Morgan fingerprint density at radius 2 is 0.209 bits per heavy atom. The SMILES string of the molecule is C1CC2CC1C2.C1CC2CCC(C1)C2.C1CC2CCC(C1)CC2.C1CC2CCC1C2.C1CC2CCC1CC2.C1CC2CCCC(C1)C2.C1CC2CCCC(C1)CC2.C1CCC2CCCC(C1)C2. The van der Waals surface area contributed by atoms with Gasteiger partial charge >= 0.3 is 0 Å². The normalized spacial score (nSPS) is 44.1. The van der Waals surface area contributed by atoms with Crippen LogP contribution in [0.5, 0.6) is 0 Å². The van der Waals surface area contributed by atoms with Gasteiger partial charge in [0, 0.05) is 0 Å². The summed E-state index contributed by atoms with van der Waals surface area (Å²) in [5, 5.41) is 0. The third kappa shape index (κ3) is 17.9. The van der Waals surface area contributed by atoms with Gasteiger partial charge in [0.1, 0.15) is 0 Å². The molecular weight excluding hydrogens is 805 g/mol. The van der Waals surface area contributed by atoms with Crippen molar-refractivity contribution in [1.29, 1.82) is 0 Å². The quantitative estimate of drug-likeness (QED) is 0.227. The molecule has 16 bridgehead atoms. The molecule has 0 aromatic carbocycles. The summed E-state index contributed by atoms with van der Waals surface area (Å²) in [6, 6.07) is 0. The fraction of sp³-hybridized carbons (Fsp3) is 1.00. The van der Waals surface area contributed by atoms with E-state index in [0.717, 1.165) is 71.0 Å². The van der Waals surface area contributed by atoms with Crippen molar-refractivity contribution >= 4 is 0 Å². The van der Waals surface area contributed by atoms with Gasteiger partial charge in [-0.1, -0.05) is 289 Å². The third-order valence-electron chi connectivity index (χ3n) is 23.9. The van der Waals surface area contributed by atoms with Crippen molar-refractivity contribution in [2.45, 2.75) is 327 Å². The maximum atomic E-state index is 1.58. The molecular formula is C67H118. The van der Waals surface area contributed by atoms with Crippen LogP contribution >= 0.6 is 0 Å². The Bertz CT molecular complexity index is 1140. The zero-order valence-corrected chi connectivity index (χ0v) is 45.3. The van der Waals surface area contributed by atoms with Crippen LogP contribution in [0.3, 0.4) is 0 Å². The summed E-state index contributed by atoms with van der Waals surface area (Å²) >= 11 is 0. The molecule has 0 amide bonds. The molecule has 0 aliphatic heterocycles. The lowest BCUT2D eigenvalue weighted by molar-refractivity contribution is 0.176. The van der Waals surface area contributed by atoms with E-state index >= 15 is 0 Å². The summed E-state index contributed by atoms with van der Waals surface area (Å²) < 4.78 is 0. The minimum atomic E-state index is 1.13. The molecule has 4 atom stereocenters. The maximum absolute atomic E-state index is 1.58. The minimum Gasteiger partial charge on any atom is -0.0530 e. The van der Waals surface area contributed by atoms with Crippen molar-refractivity contribution in [3.63, 3.8) is 0 Å². The van der Waals surface area contributed by atoms with Crippen molar-refractivity contribution in [2.75, 3.05) is 0 Å². The van der Waals surface area contributed by atoms with Gasteiger partial charge in [0.25, 0.3) is 0 Å². The van der Waals surface area contributed by atoms with Crippen LogP contribution in [0.25, 0.3) is 0 Å². The summed E-state index contributed by atoms with van der Waals surface area (Å²) in [6.07, 6.45) is 79.4. The van der Waals surface area contributed by atoms with Crippen LogP contribution in [0.2, 0.25) is 0 Å². The zero-order valence-electron chi connectivity index (χ0n) is 45.3. The fourth-order valence-electron chi connectivity index (χ4n) is 19.3. The van der Waals surface area contributed by atoms with Gasteiger partial charge in [-0.2, -0.15) is 0 Å². The monoisotopic (exact) mass is 923 g/mol. The Balaban J connectivity index is 0.0000000963. The lowest BCUT2D eigenvalue weighted by atomic mass is 9.71. The number of fused-ring (bicyclic) bond motifs is 19. The highest BCUT2D eigenvalue weighted by Gasteiger charge is 2.36. The molecule has 0 heteroatoms. The van der Waals surface area contributed by atoms with Gasteiger partial charge in [-0.15, -0.1) is 0 Å². The van der Waals surface area contributed by atoms with Gasteiger partial charge in [-0.25, -0.2) is 0 Å². The molecule has 19 saturated carbocycles. The van der Waals surface area contributed by atoms with Gasteiger partial charge in [0.15, 0.2) is 0 Å². The summed E-state index contributed by atoms with van der Waals surface area (Å²) in [7, 11) is 0. The van der Waals surface area contributed by atoms with Crippen LogP contribution in [-0.2, 0) is 0 Å². The Hall–Kier alpha value is 0. The average molecular weight is 924 g/mol. The van der Waals surface area contributed by atoms with E-state index in [9.17, 15) is 0 Å². The van der Waals surface area contributed by atoms with Crippen LogP contribution in [-0.4, -0.2) is 0 Å². The van der Waals surface area contributed by atoms with Gasteiger partial charge in [0.05, 0.1) is 0 Å². The standard InChI is InChI=1S/2C10H18.2C9H16.2C8H14.C7H12.C6H10/c1-3-9-5-2-6-10(4-1)8-7-9;1-2-5-10-7-3-6-9(4-1)8-10;1-3-8-5-2-6-9(4-1)7-8;1-2-8-4-6-9(3-1)7-5-8;1-2-8-5-3-7(1)4-6-8;1-2-7-4-5-8(3-1)6-7;1-2-7-4-3-6(1)5-7;1-2-6-3-5(1)4-6/h2*9-10H,1-8H2;2*8-9H,1-7H2;2*7-8H,1-6H2;6-7H,1-5H2;5-6H,1-4H2. The Morgan fingerprint density at radius 3 is 0.418 bits per heavy atom. The molecule has 19 rings (SSSR count). The molecule has 0 N–H and O–H groups in total. The molecule has 0 saturated heterocycles. The summed E-state index contributed by atoms with van der Waals surface area (Å²) in [5.74, 6) is 18.5.